The van der Waals surface area contributed by atoms with Gasteiger partial charge in [-0.3, -0.25) is 9.78 Å². The minimum atomic E-state index is 0.0497. The summed E-state index contributed by atoms with van der Waals surface area (Å²) in [6.07, 6.45) is 3.69. The van der Waals surface area contributed by atoms with Crippen LogP contribution in [0.1, 0.15) is 33.7 Å². The first-order valence-electron chi connectivity index (χ1n) is 8.60. The van der Waals surface area contributed by atoms with Crippen LogP contribution in [0.3, 0.4) is 0 Å². The van der Waals surface area contributed by atoms with Crippen LogP contribution in [0.4, 0.5) is 5.69 Å². The number of thioether (sulfide) groups is 1. The zero-order valence-corrected chi connectivity index (χ0v) is 16.1. The van der Waals surface area contributed by atoms with Crippen molar-refractivity contribution in [3.63, 3.8) is 0 Å². The van der Waals surface area contributed by atoms with Gasteiger partial charge in [0.05, 0.1) is 11.4 Å². The predicted molar refractivity (Wildman–Crippen MR) is 107 cm³/mol. The number of amides is 1. The normalized spacial score (nSPS) is 13.5. The summed E-state index contributed by atoms with van der Waals surface area (Å²) < 4.78 is 1.08. The Bertz CT molecular complexity index is 921. The number of pyridine rings is 1. The number of benzene rings is 1. The van der Waals surface area contributed by atoms with Crippen LogP contribution >= 0.6 is 23.1 Å². The minimum Gasteiger partial charge on any atom is -0.307 e. The molecule has 1 aliphatic rings. The van der Waals surface area contributed by atoms with E-state index in [1.165, 1.54) is 5.56 Å². The second kappa shape index (κ2) is 7.60. The monoisotopic (exact) mass is 381 g/mol. The number of carbonyl (C=O) groups excluding carboxylic acids is 1. The largest absolute Gasteiger partial charge is 0.307 e. The topological polar surface area (TPSA) is 46.1 Å². The molecule has 0 unspecified atom stereocenters. The summed E-state index contributed by atoms with van der Waals surface area (Å²) in [7, 11) is 0. The lowest BCUT2D eigenvalue weighted by Crippen LogP contribution is -2.35. The highest BCUT2D eigenvalue weighted by Gasteiger charge is 2.23. The van der Waals surface area contributed by atoms with Crippen LogP contribution in [-0.2, 0) is 12.2 Å². The molecule has 132 valence electrons. The van der Waals surface area contributed by atoms with Gasteiger partial charge in [0.15, 0.2) is 0 Å². The molecule has 1 aliphatic heterocycles. The van der Waals surface area contributed by atoms with Gasteiger partial charge in [-0.1, -0.05) is 23.9 Å². The first kappa shape index (κ1) is 17.2. The van der Waals surface area contributed by atoms with E-state index in [9.17, 15) is 4.79 Å². The van der Waals surface area contributed by atoms with Crippen molar-refractivity contribution < 1.29 is 4.79 Å². The summed E-state index contributed by atoms with van der Waals surface area (Å²) in [5, 5.41) is 2.06. The standard InChI is InChI=1S/C20H19N3OS2/c1-14-12-25-20(22-14)26-13-15-6-8-16(9-7-15)19(24)23-11-3-4-17-18(23)5-2-10-21-17/h2,5-10,12H,3-4,11,13H2,1H3. The molecule has 4 nitrogen and oxygen atoms in total. The first-order valence-corrected chi connectivity index (χ1v) is 10.5. The Kier molecular flexibility index (Phi) is 5.04. The smallest absolute Gasteiger partial charge is 0.258 e. The van der Waals surface area contributed by atoms with Crippen LogP contribution in [0.2, 0.25) is 0 Å². The molecule has 4 rings (SSSR count). The van der Waals surface area contributed by atoms with Gasteiger partial charge in [-0.15, -0.1) is 11.3 Å². The second-order valence-electron chi connectivity index (χ2n) is 6.27. The molecule has 0 fully saturated rings. The highest BCUT2D eigenvalue weighted by Crippen LogP contribution is 2.28. The van der Waals surface area contributed by atoms with Crippen molar-refractivity contribution in [2.24, 2.45) is 0 Å². The van der Waals surface area contributed by atoms with Gasteiger partial charge >= 0.3 is 0 Å². The lowest BCUT2D eigenvalue weighted by Gasteiger charge is -2.28. The molecular formula is C20H19N3OS2. The Morgan fingerprint density at radius 2 is 2.12 bits per heavy atom. The van der Waals surface area contributed by atoms with Crippen LogP contribution in [0, 0.1) is 6.92 Å². The van der Waals surface area contributed by atoms with E-state index in [4.69, 9.17) is 0 Å². The van der Waals surface area contributed by atoms with Crippen LogP contribution in [-0.4, -0.2) is 22.4 Å². The Morgan fingerprint density at radius 1 is 1.27 bits per heavy atom. The average Bonchev–Trinajstić information content (AvgIpc) is 3.11. The Balaban J connectivity index is 1.46. The number of anilines is 1. The zero-order valence-electron chi connectivity index (χ0n) is 14.5. The van der Waals surface area contributed by atoms with E-state index in [2.05, 4.69) is 15.3 Å². The van der Waals surface area contributed by atoms with Crippen molar-refractivity contribution in [3.05, 3.63) is 70.5 Å². The summed E-state index contributed by atoms with van der Waals surface area (Å²) in [4.78, 5) is 23.7. The summed E-state index contributed by atoms with van der Waals surface area (Å²) >= 11 is 3.41. The highest BCUT2D eigenvalue weighted by molar-refractivity contribution is 8.00. The number of carbonyl (C=O) groups is 1. The number of hydrogen-bond acceptors (Lipinski definition) is 5. The molecule has 26 heavy (non-hydrogen) atoms. The van der Waals surface area contributed by atoms with Crippen LogP contribution in [0.15, 0.2) is 52.3 Å². The average molecular weight is 382 g/mol. The van der Waals surface area contributed by atoms with Crippen molar-refractivity contribution in [1.82, 2.24) is 9.97 Å². The molecule has 0 bridgehead atoms. The highest BCUT2D eigenvalue weighted by atomic mass is 32.2. The predicted octanol–water partition coefficient (Wildman–Crippen LogP) is 4.73. The SMILES string of the molecule is Cc1csc(SCc2ccc(C(=O)N3CCCc4ncccc43)cc2)n1. The lowest BCUT2D eigenvalue weighted by atomic mass is 10.1. The van der Waals surface area contributed by atoms with E-state index in [0.29, 0.717) is 0 Å². The number of thiazole rings is 1. The molecular weight excluding hydrogens is 362 g/mol. The molecule has 0 aliphatic carbocycles. The van der Waals surface area contributed by atoms with E-state index < -0.39 is 0 Å². The number of fused-ring (bicyclic) bond motifs is 1. The van der Waals surface area contributed by atoms with Gasteiger partial charge in [-0.2, -0.15) is 0 Å². The number of aryl methyl sites for hydroxylation is 2. The Labute approximate surface area is 161 Å². The molecule has 0 radical (unpaired) electrons. The third-order valence-corrected chi connectivity index (χ3v) is 6.57. The van der Waals surface area contributed by atoms with Gasteiger partial charge in [0.2, 0.25) is 0 Å². The van der Waals surface area contributed by atoms with Gasteiger partial charge in [-0.25, -0.2) is 4.98 Å². The molecule has 1 amide bonds. The van der Waals surface area contributed by atoms with Gasteiger partial charge < -0.3 is 4.90 Å². The number of nitrogens with zero attached hydrogens (tertiary/aromatic N) is 3. The van der Waals surface area contributed by atoms with Gasteiger partial charge in [-0.05, 0) is 49.6 Å². The molecule has 0 spiro atoms. The molecule has 3 heterocycles. The summed E-state index contributed by atoms with van der Waals surface area (Å²) in [5.74, 6) is 0.909. The maximum absolute atomic E-state index is 12.9. The molecule has 2 aromatic heterocycles. The summed E-state index contributed by atoms with van der Waals surface area (Å²) in [5.41, 5.74) is 4.94. The number of hydrogen-bond donors (Lipinski definition) is 0. The van der Waals surface area contributed by atoms with E-state index in [-0.39, 0.29) is 5.91 Å². The van der Waals surface area contributed by atoms with Crippen LogP contribution in [0.25, 0.3) is 0 Å². The Morgan fingerprint density at radius 3 is 2.88 bits per heavy atom. The fourth-order valence-corrected chi connectivity index (χ4v) is 4.85. The maximum atomic E-state index is 12.9. The van der Waals surface area contributed by atoms with Crippen LogP contribution < -0.4 is 4.90 Å². The number of rotatable bonds is 4. The van der Waals surface area contributed by atoms with Crippen molar-refractivity contribution in [3.8, 4) is 0 Å². The van der Waals surface area contributed by atoms with Gasteiger partial charge in [0, 0.05) is 35.1 Å². The first-order chi connectivity index (χ1) is 12.7. The third-order valence-electron chi connectivity index (χ3n) is 4.36. The summed E-state index contributed by atoms with van der Waals surface area (Å²) in [6, 6.07) is 11.8. The zero-order chi connectivity index (χ0) is 17.9. The van der Waals surface area contributed by atoms with Crippen molar-refractivity contribution >= 4 is 34.7 Å². The van der Waals surface area contributed by atoms with Gasteiger partial charge in [0.1, 0.15) is 4.34 Å². The third kappa shape index (κ3) is 3.66. The second-order valence-corrected chi connectivity index (χ2v) is 8.35. The molecule has 0 N–H and O–H groups in total. The molecule has 6 heteroatoms. The molecule has 0 saturated heterocycles. The van der Waals surface area contributed by atoms with Gasteiger partial charge in [0.25, 0.3) is 5.91 Å². The van der Waals surface area contributed by atoms with E-state index in [1.807, 2.05) is 48.2 Å². The lowest BCUT2D eigenvalue weighted by molar-refractivity contribution is 0.0985. The molecule has 3 aromatic rings. The molecule has 0 atom stereocenters. The summed E-state index contributed by atoms with van der Waals surface area (Å²) in [6.45, 7) is 2.76. The number of aromatic nitrogens is 2. The molecule has 1 aromatic carbocycles. The molecule has 0 saturated carbocycles. The fourth-order valence-electron chi connectivity index (χ4n) is 3.05. The van der Waals surface area contributed by atoms with Crippen molar-refractivity contribution in [2.45, 2.75) is 29.9 Å². The maximum Gasteiger partial charge on any atom is 0.258 e. The van der Waals surface area contributed by atoms with Crippen molar-refractivity contribution in [2.75, 3.05) is 11.4 Å². The Hall–Kier alpha value is -2.18. The van der Waals surface area contributed by atoms with Crippen LogP contribution in [0.5, 0.6) is 0 Å². The minimum absolute atomic E-state index is 0.0497. The fraction of sp³-hybridized carbons (Fsp3) is 0.250. The van der Waals surface area contributed by atoms with E-state index in [1.54, 1.807) is 29.3 Å². The van der Waals surface area contributed by atoms with E-state index in [0.717, 1.165) is 52.1 Å². The van der Waals surface area contributed by atoms with Crippen molar-refractivity contribution in [1.29, 1.82) is 0 Å². The quantitative estimate of drug-likeness (QED) is 0.613. The van der Waals surface area contributed by atoms with E-state index >= 15 is 0 Å².